The van der Waals surface area contributed by atoms with E-state index in [0.29, 0.717) is 5.56 Å². The lowest BCUT2D eigenvalue weighted by molar-refractivity contribution is 0.0950. The van der Waals surface area contributed by atoms with Gasteiger partial charge in [0.25, 0.3) is 5.91 Å². The number of amides is 1. The molecule has 1 amide bonds. The molecule has 5 nitrogen and oxygen atoms in total. The third-order valence-corrected chi connectivity index (χ3v) is 4.09. The molecule has 0 heterocycles. The summed E-state index contributed by atoms with van der Waals surface area (Å²) < 4.78 is 36.2. The number of primary sulfonamides is 1. The van der Waals surface area contributed by atoms with Gasteiger partial charge >= 0.3 is 0 Å². The number of benzene rings is 2. The highest BCUT2D eigenvalue weighted by molar-refractivity contribution is 7.89. The van der Waals surface area contributed by atoms with Crippen molar-refractivity contribution in [3.05, 3.63) is 65.0 Å². The molecule has 2 rings (SSSR count). The number of sulfonamides is 1. The fourth-order valence-electron chi connectivity index (χ4n) is 1.96. The second-order valence-electron chi connectivity index (χ2n) is 4.80. The Balaban J connectivity index is 2.18. The predicted octanol–water partition coefficient (Wildman–Crippen LogP) is 1.71. The number of rotatable bonds is 4. The molecule has 0 aliphatic carbocycles. The zero-order chi connectivity index (χ0) is 16.3. The number of carbonyl (C=O) groups excluding carboxylic acids is 1. The fraction of sp³-hybridized carbons (Fsp3) is 0.133. The Labute approximate surface area is 128 Å². The number of carbonyl (C=O) groups is 1. The van der Waals surface area contributed by atoms with Crippen molar-refractivity contribution in [2.75, 3.05) is 0 Å². The molecule has 0 fully saturated rings. The molecule has 0 bridgehead atoms. The minimum absolute atomic E-state index is 0.0495. The molecule has 0 spiro atoms. The van der Waals surface area contributed by atoms with E-state index in [2.05, 4.69) is 5.32 Å². The highest BCUT2D eigenvalue weighted by atomic mass is 32.2. The Morgan fingerprint density at radius 3 is 2.55 bits per heavy atom. The van der Waals surface area contributed by atoms with Crippen LogP contribution in [0.5, 0.6) is 0 Å². The maximum atomic E-state index is 13.7. The summed E-state index contributed by atoms with van der Waals surface area (Å²) >= 11 is 0. The molecule has 7 heteroatoms. The van der Waals surface area contributed by atoms with Gasteiger partial charge in [-0.2, -0.15) is 0 Å². The first-order valence-corrected chi connectivity index (χ1v) is 7.99. The SMILES string of the molecule is Cc1ccccc1C(=O)NCc1cc(S(N)(=O)=O)ccc1F. The molecule has 0 unspecified atom stereocenters. The van der Waals surface area contributed by atoms with Crippen LogP contribution in [0, 0.1) is 12.7 Å². The van der Waals surface area contributed by atoms with Crippen molar-refractivity contribution in [3.63, 3.8) is 0 Å². The molecule has 0 aliphatic rings. The molecule has 0 aliphatic heterocycles. The van der Waals surface area contributed by atoms with Crippen LogP contribution in [-0.2, 0) is 16.6 Å². The highest BCUT2D eigenvalue weighted by Gasteiger charge is 2.13. The molecular weight excluding hydrogens is 307 g/mol. The van der Waals surface area contributed by atoms with Crippen molar-refractivity contribution >= 4 is 15.9 Å². The minimum atomic E-state index is -3.92. The topological polar surface area (TPSA) is 89.3 Å². The molecule has 3 N–H and O–H groups in total. The minimum Gasteiger partial charge on any atom is -0.348 e. The third-order valence-electron chi connectivity index (χ3n) is 3.17. The van der Waals surface area contributed by atoms with Gasteiger partial charge < -0.3 is 5.32 Å². The smallest absolute Gasteiger partial charge is 0.251 e. The maximum absolute atomic E-state index is 13.7. The van der Waals surface area contributed by atoms with E-state index in [9.17, 15) is 17.6 Å². The van der Waals surface area contributed by atoms with Gasteiger partial charge in [0.05, 0.1) is 4.90 Å². The van der Waals surface area contributed by atoms with Crippen LogP contribution in [0.3, 0.4) is 0 Å². The second kappa shape index (κ2) is 6.25. The molecule has 2 aromatic carbocycles. The standard InChI is InChI=1S/C15H15FN2O3S/c1-10-4-2-3-5-13(10)15(19)18-9-11-8-12(22(17,20)21)6-7-14(11)16/h2-8H,9H2,1H3,(H,18,19)(H2,17,20,21). The monoisotopic (exact) mass is 322 g/mol. The lowest BCUT2D eigenvalue weighted by Crippen LogP contribution is -2.24. The van der Waals surface area contributed by atoms with Crippen LogP contribution in [0.2, 0.25) is 0 Å². The number of hydrogen-bond acceptors (Lipinski definition) is 3. The van der Waals surface area contributed by atoms with Crippen molar-refractivity contribution in [1.82, 2.24) is 5.32 Å². The molecule has 22 heavy (non-hydrogen) atoms. The lowest BCUT2D eigenvalue weighted by atomic mass is 10.1. The average molecular weight is 322 g/mol. The number of nitrogens with two attached hydrogens (primary N) is 1. The number of hydrogen-bond donors (Lipinski definition) is 2. The fourth-order valence-corrected chi connectivity index (χ4v) is 2.53. The van der Waals surface area contributed by atoms with Crippen molar-refractivity contribution in [2.45, 2.75) is 18.4 Å². The predicted molar refractivity (Wildman–Crippen MR) is 80.1 cm³/mol. The Morgan fingerprint density at radius 2 is 1.91 bits per heavy atom. The van der Waals surface area contributed by atoms with Crippen LogP contribution in [0.4, 0.5) is 4.39 Å². The summed E-state index contributed by atoms with van der Waals surface area (Å²) in [6.07, 6.45) is 0. The average Bonchev–Trinajstić information content (AvgIpc) is 2.45. The van der Waals surface area contributed by atoms with Crippen molar-refractivity contribution in [2.24, 2.45) is 5.14 Å². The van der Waals surface area contributed by atoms with E-state index >= 15 is 0 Å². The van der Waals surface area contributed by atoms with Crippen LogP contribution in [0.25, 0.3) is 0 Å². The largest absolute Gasteiger partial charge is 0.348 e. The molecule has 0 radical (unpaired) electrons. The summed E-state index contributed by atoms with van der Waals surface area (Å²) in [6.45, 7) is 1.65. The van der Waals surface area contributed by atoms with Crippen molar-refractivity contribution < 1.29 is 17.6 Å². The van der Waals surface area contributed by atoms with Crippen LogP contribution in [0.1, 0.15) is 21.5 Å². The third kappa shape index (κ3) is 3.69. The molecule has 0 aromatic heterocycles. The molecular formula is C15H15FN2O3S. The van der Waals surface area contributed by atoms with E-state index in [0.717, 1.165) is 23.8 Å². The summed E-state index contributed by atoms with van der Waals surface area (Å²) in [7, 11) is -3.92. The van der Waals surface area contributed by atoms with Crippen LogP contribution < -0.4 is 10.5 Å². The number of aryl methyl sites for hydroxylation is 1. The van der Waals surface area contributed by atoms with Gasteiger partial charge in [-0.15, -0.1) is 0 Å². The Hall–Kier alpha value is -2.25. The Kier molecular flexibility index (Phi) is 4.58. The summed E-state index contributed by atoms with van der Waals surface area (Å²) in [5.74, 6) is -0.976. The lowest BCUT2D eigenvalue weighted by Gasteiger charge is -2.09. The van der Waals surface area contributed by atoms with Gasteiger partial charge in [-0.1, -0.05) is 18.2 Å². The summed E-state index contributed by atoms with van der Waals surface area (Å²) in [5.41, 5.74) is 1.32. The van der Waals surface area contributed by atoms with E-state index in [1.54, 1.807) is 31.2 Å². The summed E-state index contributed by atoms with van der Waals surface area (Å²) in [5, 5.41) is 7.57. The second-order valence-corrected chi connectivity index (χ2v) is 6.36. The van der Waals surface area contributed by atoms with E-state index in [1.165, 1.54) is 0 Å². The first-order chi connectivity index (χ1) is 10.3. The Bertz CT molecular complexity index is 819. The van der Waals surface area contributed by atoms with Crippen LogP contribution >= 0.6 is 0 Å². The van der Waals surface area contributed by atoms with Gasteiger partial charge in [0.1, 0.15) is 5.82 Å². The normalized spacial score (nSPS) is 11.2. The first kappa shape index (κ1) is 16.1. The van der Waals surface area contributed by atoms with Crippen LogP contribution in [0.15, 0.2) is 47.4 Å². The number of nitrogens with one attached hydrogen (secondary N) is 1. The van der Waals surface area contributed by atoms with E-state index in [1.807, 2.05) is 0 Å². The number of halogens is 1. The first-order valence-electron chi connectivity index (χ1n) is 6.44. The van der Waals surface area contributed by atoms with E-state index in [4.69, 9.17) is 5.14 Å². The van der Waals surface area contributed by atoms with Gasteiger partial charge in [0.15, 0.2) is 0 Å². The van der Waals surface area contributed by atoms with Gasteiger partial charge in [-0.3, -0.25) is 4.79 Å². The van der Waals surface area contributed by atoms with Crippen molar-refractivity contribution in [3.8, 4) is 0 Å². The van der Waals surface area contributed by atoms with E-state index < -0.39 is 15.8 Å². The van der Waals surface area contributed by atoms with Gasteiger partial charge in [-0.25, -0.2) is 17.9 Å². The zero-order valence-electron chi connectivity index (χ0n) is 11.8. The Morgan fingerprint density at radius 1 is 1.23 bits per heavy atom. The summed E-state index contributed by atoms with van der Waals surface area (Å²) in [6, 6.07) is 10.2. The molecule has 2 aromatic rings. The quantitative estimate of drug-likeness (QED) is 0.898. The van der Waals surface area contributed by atoms with Gasteiger partial charge in [-0.05, 0) is 36.8 Å². The van der Waals surface area contributed by atoms with Gasteiger partial charge in [0.2, 0.25) is 10.0 Å². The maximum Gasteiger partial charge on any atom is 0.251 e. The summed E-state index contributed by atoms with van der Waals surface area (Å²) in [4.78, 5) is 11.9. The molecule has 0 saturated heterocycles. The highest BCUT2D eigenvalue weighted by Crippen LogP contribution is 2.14. The van der Waals surface area contributed by atoms with Gasteiger partial charge in [0, 0.05) is 17.7 Å². The zero-order valence-corrected chi connectivity index (χ0v) is 12.7. The van der Waals surface area contributed by atoms with E-state index in [-0.39, 0.29) is 22.9 Å². The van der Waals surface area contributed by atoms with Crippen molar-refractivity contribution in [1.29, 1.82) is 0 Å². The molecule has 0 atom stereocenters. The van der Waals surface area contributed by atoms with Crippen LogP contribution in [-0.4, -0.2) is 14.3 Å². The molecule has 0 saturated carbocycles. The molecule has 116 valence electrons.